The van der Waals surface area contributed by atoms with Gasteiger partial charge in [0.25, 0.3) is 0 Å². The summed E-state index contributed by atoms with van der Waals surface area (Å²) in [5.74, 6) is 0. The van der Waals surface area contributed by atoms with Gasteiger partial charge in [0.2, 0.25) is 0 Å². The van der Waals surface area contributed by atoms with Crippen molar-refractivity contribution in [3.8, 4) is 0 Å². The van der Waals surface area contributed by atoms with E-state index in [-0.39, 0.29) is 6.10 Å². The SMILES string of the molecule is Nc1cc2c(s1)CCC(O)C2. The Morgan fingerprint density at radius 3 is 3.27 bits per heavy atom. The summed E-state index contributed by atoms with van der Waals surface area (Å²) >= 11 is 1.66. The number of aliphatic hydroxyl groups excluding tert-OH is 1. The molecule has 0 saturated heterocycles. The first-order valence-electron chi connectivity index (χ1n) is 3.81. The van der Waals surface area contributed by atoms with E-state index in [1.54, 1.807) is 11.3 Å². The summed E-state index contributed by atoms with van der Waals surface area (Å²) in [6.45, 7) is 0. The molecule has 0 amide bonds. The summed E-state index contributed by atoms with van der Waals surface area (Å²) in [6.07, 6.45) is 2.55. The second-order valence-corrected chi connectivity index (χ2v) is 4.16. The van der Waals surface area contributed by atoms with E-state index in [0.717, 1.165) is 24.3 Å². The molecule has 1 aliphatic carbocycles. The van der Waals surface area contributed by atoms with Gasteiger partial charge >= 0.3 is 0 Å². The third kappa shape index (κ3) is 1.26. The molecule has 3 heteroatoms. The Morgan fingerprint density at radius 2 is 2.45 bits per heavy atom. The van der Waals surface area contributed by atoms with Crippen molar-refractivity contribution in [2.75, 3.05) is 5.73 Å². The average molecular weight is 169 g/mol. The van der Waals surface area contributed by atoms with Gasteiger partial charge in [0, 0.05) is 4.88 Å². The van der Waals surface area contributed by atoms with Crippen LogP contribution in [0.5, 0.6) is 0 Å². The van der Waals surface area contributed by atoms with E-state index in [9.17, 15) is 5.11 Å². The topological polar surface area (TPSA) is 46.2 Å². The van der Waals surface area contributed by atoms with Gasteiger partial charge in [0.15, 0.2) is 0 Å². The molecule has 3 N–H and O–H groups in total. The van der Waals surface area contributed by atoms with Crippen LogP contribution in [-0.4, -0.2) is 11.2 Å². The van der Waals surface area contributed by atoms with Crippen molar-refractivity contribution in [2.45, 2.75) is 25.4 Å². The van der Waals surface area contributed by atoms with Crippen molar-refractivity contribution >= 4 is 16.3 Å². The monoisotopic (exact) mass is 169 g/mol. The zero-order valence-electron chi connectivity index (χ0n) is 6.21. The molecule has 0 aliphatic heterocycles. The number of hydrogen-bond donors (Lipinski definition) is 2. The minimum absolute atomic E-state index is 0.142. The molecular formula is C8H11NOS. The molecule has 1 unspecified atom stereocenters. The Bertz CT molecular complexity index is 269. The highest BCUT2D eigenvalue weighted by Gasteiger charge is 2.18. The molecule has 2 rings (SSSR count). The van der Waals surface area contributed by atoms with Crippen molar-refractivity contribution in [3.63, 3.8) is 0 Å². The summed E-state index contributed by atoms with van der Waals surface area (Å²) in [7, 11) is 0. The zero-order valence-corrected chi connectivity index (χ0v) is 7.03. The van der Waals surface area contributed by atoms with Crippen LogP contribution in [-0.2, 0) is 12.8 Å². The zero-order chi connectivity index (χ0) is 7.84. The highest BCUT2D eigenvalue weighted by molar-refractivity contribution is 7.16. The Labute approximate surface area is 69.7 Å². The van der Waals surface area contributed by atoms with Crippen LogP contribution in [0, 0.1) is 0 Å². The van der Waals surface area contributed by atoms with Gasteiger partial charge in [-0.3, -0.25) is 0 Å². The van der Waals surface area contributed by atoms with Crippen LogP contribution in [0.1, 0.15) is 16.9 Å². The quantitative estimate of drug-likeness (QED) is 0.612. The van der Waals surface area contributed by atoms with Gasteiger partial charge in [-0.1, -0.05) is 0 Å². The van der Waals surface area contributed by atoms with Crippen LogP contribution >= 0.6 is 11.3 Å². The molecule has 0 aromatic carbocycles. The minimum Gasteiger partial charge on any atom is -0.393 e. The number of hydrogen-bond acceptors (Lipinski definition) is 3. The smallest absolute Gasteiger partial charge is 0.0862 e. The lowest BCUT2D eigenvalue weighted by molar-refractivity contribution is 0.159. The summed E-state index contributed by atoms with van der Waals surface area (Å²) in [5.41, 5.74) is 6.90. The van der Waals surface area contributed by atoms with Gasteiger partial charge in [0.05, 0.1) is 11.1 Å². The van der Waals surface area contributed by atoms with Gasteiger partial charge in [0.1, 0.15) is 0 Å². The van der Waals surface area contributed by atoms with E-state index in [1.807, 2.05) is 6.07 Å². The minimum atomic E-state index is -0.142. The molecule has 0 bridgehead atoms. The van der Waals surface area contributed by atoms with Crippen LogP contribution in [0.25, 0.3) is 0 Å². The van der Waals surface area contributed by atoms with E-state index in [2.05, 4.69) is 0 Å². The fourth-order valence-corrected chi connectivity index (χ4v) is 2.51. The second-order valence-electron chi connectivity index (χ2n) is 2.99. The average Bonchev–Trinajstić information content (AvgIpc) is 2.27. The maximum atomic E-state index is 9.33. The van der Waals surface area contributed by atoms with E-state index >= 15 is 0 Å². The lowest BCUT2D eigenvalue weighted by Crippen LogP contribution is -2.16. The molecule has 60 valence electrons. The first kappa shape index (κ1) is 7.13. The number of nitrogens with two attached hydrogens (primary N) is 1. The number of fused-ring (bicyclic) bond motifs is 1. The molecule has 1 aliphatic rings. The van der Waals surface area contributed by atoms with Gasteiger partial charge in [-0.05, 0) is 30.9 Å². The molecule has 0 saturated carbocycles. The highest BCUT2D eigenvalue weighted by atomic mass is 32.1. The number of rotatable bonds is 0. The van der Waals surface area contributed by atoms with Crippen LogP contribution < -0.4 is 5.73 Å². The van der Waals surface area contributed by atoms with Crippen LogP contribution in [0.2, 0.25) is 0 Å². The normalized spacial score (nSPS) is 23.2. The molecule has 2 nitrogen and oxygen atoms in total. The van der Waals surface area contributed by atoms with Crippen molar-refractivity contribution < 1.29 is 5.11 Å². The Kier molecular flexibility index (Phi) is 1.62. The lowest BCUT2D eigenvalue weighted by Gasteiger charge is -2.15. The number of anilines is 1. The van der Waals surface area contributed by atoms with Gasteiger partial charge in [-0.2, -0.15) is 0 Å². The molecule has 1 heterocycles. The van der Waals surface area contributed by atoms with E-state index in [0.29, 0.717) is 0 Å². The molecule has 11 heavy (non-hydrogen) atoms. The fraction of sp³-hybridized carbons (Fsp3) is 0.500. The molecule has 1 aromatic heterocycles. The number of aryl methyl sites for hydroxylation is 1. The largest absolute Gasteiger partial charge is 0.393 e. The predicted octanol–water partition coefficient (Wildman–Crippen LogP) is 1.18. The third-order valence-electron chi connectivity index (χ3n) is 2.08. The first-order valence-corrected chi connectivity index (χ1v) is 4.62. The molecule has 1 aromatic rings. The summed E-state index contributed by atoms with van der Waals surface area (Å²) in [6, 6.07) is 1.99. The maximum Gasteiger partial charge on any atom is 0.0862 e. The molecule has 0 radical (unpaired) electrons. The van der Waals surface area contributed by atoms with Crippen LogP contribution in [0.4, 0.5) is 5.00 Å². The highest BCUT2D eigenvalue weighted by Crippen LogP contribution is 2.30. The van der Waals surface area contributed by atoms with Gasteiger partial charge < -0.3 is 10.8 Å². The van der Waals surface area contributed by atoms with Crippen molar-refractivity contribution in [3.05, 3.63) is 16.5 Å². The van der Waals surface area contributed by atoms with E-state index < -0.39 is 0 Å². The molecular weight excluding hydrogens is 158 g/mol. The number of thiophene rings is 1. The standard InChI is InChI=1S/C8H11NOS/c9-8-4-5-3-6(10)1-2-7(5)11-8/h4,6,10H,1-3,9H2. The van der Waals surface area contributed by atoms with Gasteiger partial charge in [-0.15, -0.1) is 11.3 Å². The fourth-order valence-electron chi connectivity index (χ4n) is 1.53. The number of aliphatic hydroxyl groups is 1. The van der Waals surface area contributed by atoms with E-state index in [4.69, 9.17) is 5.73 Å². The van der Waals surface area contributed by atoms with Crippen molar-refractivity contribution in [1.29, 1.82) is 0 Å². The van der Waals surface area contributed by atoms with E-state index in [1.165, 1.54) is 10.4 Å². The second kappa shape index (κ2) is 2.50. The predicted molar refractivity (Wildman–Crippen MR) is 46.8 cm³/mol. The Hall–Kier alpha value is -0.540. The summed E-state index contributed by atoms with van der Waals surface area (Å²) in [4.78, 5) is 1.37. The molecule has 0 spiro atoms. The van der Waals surface area contributed by atoms with Crippen molar-refractivity contribution in [2.24, 2.45) is 0 Å². The molecule has 1 atom stereocenters. The third-order valence-corrected chi connectivity index (χ3v) is 3.14. The summed E-state index contributed by atoms with van der Waals surface area (Å²) in [5, 5.41) is 10.2. The van der Waals surface area contributed by atoms with Crippen LogP contribution in [0.3, 0.4) is 0 Å². The number of nitrogen functional groups attached to an aromatic ring is 1. The first-order chi connectivity index (χ1) is 5.25. The Balaban J connectivity index is 2.34. The molecule has 0 fully saturated rings. The van der Waals surface area contributed by atoms with Crippen LogP contribution in [0.15, 0.2) is 6.07 Å². The lowest BCUT2D eigenvalue weighted by atomic mass is 9.97. The summed E-state index contributed by atoms with van der Waals surface area (Å²) < 4.78 is 0. The Morgan fingerprint density at radius 1 is 1.64 bits per heavy atom. The maximum absolute atomic E-state index is 9.33. The van der Waals surface area contributed by atoms with Gasteiger partial charge in [-0.25, -0.2) is 0 Å². The van der Waals surface area contributed by atoms with Crippen molar-refractivity contribution in [1.82, 2.24) is 0 Å².